The second kappa shape index (κ2) is 10.7. The summed E-state index contributed by atoms with van der Waals surface area (Å²) in [7, 11) is 2.14. The summed E-state index contributed by atoms with van der Waals surface area (Å²) in [5.41, 5.74) is 0. The number of thiophene rings is 1. The molecule has 1 aliphatic heterocycles. The summed E-state index contributed by atoms with van der Waals surface area (Å²) in [5, 5.41) is 19.3. The second-order valence-electron chi connectivity index (χ2n) is 5.78. The van der Waals surface area contributed by atoms with Crippen molar-refractivity contribution < 1.29 is 19.8 Å². The number of aliphatic carboxylic acids is 2. The first-order valence-electron chi connectivity index (χ1n) is 8.45. The number of amidine groups is 1. The van der Waals surface area contributed by atoms with Crippen molar-refractivity contribution >= 4 is 51.0 Å². The van der Waals surface area contributed by atoms with Gasteiger partial charge < -0.3 is 15.1 Å². The molecule has 0 amide bonds. The van der Waals surface area contributed by atoms with E-state index in [9.17, 15) is 9.59 Å². The molecule has 27 heavy (non-hydrogen) atoms. The van der Waals surface area contributed by atoms with Gasteiger partial charge in [-0.1, -0.05) is 18.2 Å². The van der Waals surface area contributed by atoms with E-state index in [4.69, 9.17) is 15.2 Å². The fourth-order valence-corrected chi connectivity index (χ4v) is 4.57. The Morgan fingerprint density at radius 3 is 2.59 bits per heavy atom. The van der Waals surface area contributed by atoms with Crippen LogP contribution in [-0.4, -0.2) is 58.8 Å². The van der Waals surface area contributed by atoms with E-state index >= 15 is 0 Å². The Kier molecular flexibility index (Phi) is 8.35. The fourth-order valence-electron chi connectivity index (χ4n) is 2.53. The Morgan fingerprint density at radius 1 is 1.26 bits per heavy atom. The number of aliphatic imine (C=N–C) groups is 1. The van der Waals surface area contributed by atoms with E-state index in [0.29, 0.717) is 12.2 Å². The standard InChI is InChI=1S/C15H18N2S2.C4H4O4/c1-17-9-4-7-15(17)16-8-10-18-14-11-19-13-6-3-2-5-12(13)14;5-3(6)1-2-4(7)8/h2-3,5-6,11H,4,7-10H2,1H3;1-2H,(H,5,6)(H,7,8)/b;2-1+. The van der Waals surface area contributed by atoms with Gasteiger partial charge in [-0.3, -0.25) is 4.99 Å². The summed E-state index contributed by atoms with van der Waals surface area (Å²) in [4.78, 5) is 27.5. The molecule has 144 valence electrons. The highest BCUT2D eigenvalue weighted by molar-refractivity contribution is 7.99. The van der Waals surface area contributed by atoms with Gasteiger partial charge in [0.1, 0.15) is 0 Å². The van der Waals surface area contributed by atoms with Crippen LogP contribution < -0.4 is 0 Å². The first-order valence-corrected chi connectivity index (χ1v) is 10.3. The van der Waals surface area contributed by atoms with Crippen LogP contribution in [0.2, 0.25) is 0 Å². The van der Waals surface area contributed by atoms with Crippen molar-refractivity contribution in [2.24, 2.45) is 4.99 Å². The normalized spacial score (nSPS) is 15.3. The molecule has 2 heterocycles. The van der Waals surface area contributed by atoms with E-state index in [-0.39, 0.29) is 0 Å². The fraction of sp³-hybridized carbons (Fsp3) is 0.316. The van der Waals surface area contributed by atoms with E-state index in [1.165, 1.54) is 33.8 Å². The smallest absolute Gasteiger partial charge is 0.328 e. The van der Waals surface area contributed by atoms with Crippen molar-refractivity contribution in [3.63, 3.8) is 0 Å². The number of fused-ring (bicyclic) bond motifs is 1. The van der Waals surface area contributed by atoms with Gasteiger partial charge in [0, 0.05) is 58.3 Å². The highest BCUT2D eigenvalue weighted by atomic mass is 32.2. The van der Waals surface area contributed by atoms with Gasteiger partial charge in [0.05, 0.1) is 12.4 Å². The summed E-state index contributed by atoms with van der Waals surface area (Å²) in [6.45, 7) is 2.09. The summed E-state index contributed by atoms with van der Waals surface area (Å²) in [6, 6.07) is 8.63. The Balaban J connectivity index is 0.000000279. The largest absolute Gasteiger partial charge is 0.478 e. The third-order valence-electron chi connectivity index (χ3n) is 3.79. The molecule has 0 spiro atoms. The molecule has 8 heteroatoms. The van der Waals surface area contributed by atoms with Crippen molar-refractivity contribution in [3.05, 3.63) is 41.8 Å². The molecule has 0 unspecified atom stereocenters. The van der Waals surface area contributed by atoms with Crippen molar-refractivity contribution in [2.45, 2.75) is 17.7 Å². The molecule has 1 aromatic heterocycles. The number of thioether (sulfide) groups is 1. The van der Waals surface area contributed by atoms with Crippen LogP contribution in [-0.2, 0) is 9.59 Å². The van der Waals surface area contributed by atoms with Crippen LogP contribution in [0.3, 0.4) is 0 Å². The molecule has 6 nitrogen and oxygen atoms in total. The van der Waals surface area contributed by atoms with Crippen molar-refractivity contribution in [1.29, 1.82) is 0 Å². The van der Waals surface area contributed by atoms with Crippen LogP contribution in [0.25, 0.3) is 10.1 Å². The molecule has 3 rings (SSSR count). The predicted octanol–water partition coefficient (Wildman–Crippen LogP) is 3.83. The van der Waals surface area contributed by atoms with Gasteiger partial charge in [-0.15, -0.1) is 23.1 Å². The number of carbonyl (C=O) groups is 2. The van der Waals surface area contributed by atoms with E-state index in [1.54, 1.807) is 0 Å². The van der Waals surface area contributed by atoms with Crippen LogP contribution >= 0.6 is 23.1 Å². The minimum atomic E-state index is -1.26. The van der Waals surface area contributed by atoms with Crippen LogP contribution in [0.15, 0.2) is 51.7 Å². The Hall–Kier alpha value is -2.32. The van der Waals surface area contributed by atoms with Gasteiger partial charge in [-0.25, -0.2) is 9.59 Å². The molecule has 1 saturated heterocycles. The zero-order valence-corrected chi connectivity index (χ0v) is 16.6. The van der Waals surface area contributed by atoms with Crippen molar-refractivity contribution in [2.75, 3.05) is 25.9 Å². The Bertz CT molecular complexity index is 829. The third-order valence-corrected chi connectivity index (χ3v) is 5.94. The number of hydrogen-bond acceptors (Lipinski definition) is 5. The highest BCUT2D eigenvalue weighted by Crippen LogP contribution is 2.33. The molecule has 0 radical (unpaired) electrons. The quantitative estimate of drug-likeness (QED) is 0.430. The Morgan fingerprint density at radius 2 is 1.96 bits per heavy atom. The zero-order valence-electron chi connectivity index (χ0n) is 15.0. The highest BCUT2D eigenvalue weighted by Gasteiger charge is 2.13. The zero-order chi connectivity index (χ0) is 19.6. The minimum Gasteiger partial charge on any atom is -0.478 e. The number of nitrogens with zero attached hydrogens (tertiary/aromatic N) is 2. The summed E-state index contributed by atoms with van der Waals surface area (Å²) in [6.07, 6.45) is 3.53. The van der Waals surface area contributed by atoms with Crippen LogP contribution in [0, 0.1) is 0 Å². The summed E-state index contributed by atoms with van der Waals surface area (Å²) < 4.78 is 1.38. The summed E-state index contributed by atoms with van der Waals surface area (Å²) >= 11 is 3.76. The maximum atomic E-state index is 9.55. The number of carboxylic acids is 2. The van der Waals surface area contributed by atoms with E-state index < -0.39 is 11.9 Å². The average Bonchev–Trinajstić information content (AvgIpc) is 3.24. The van der Waals surface area contributed by atoms with Crippen molar-refractivity contribution in [3.8, 4) is 0 Å². The molecular formula is C19H22N2O4S2. The molecular weight excluding hydrogens is 384 g/mol. The number of benzene rings is 1. The molecule has 1 aliphatic rings. The van der Waals surface area contributed by atoms with Crippen LogP contribution in [0.4, 0.5) is 0 Å². The lowest BCUT2D eigenvalue weighted by Crippen LogP contribution is -2.19. The molecule has 0 aliphatic carbocycles. The number of hydrogen-bond donors (Lipinski definition) is 2. The Labute approximate surface area is 166 Å². The predicted molar refractivity (Wildman–Crippen MR) is 111 cm³/mol. The molecule has 1 fully saturated rings. The third kappa shape index (κ3) is 7.07. The van der Waals surface area contributed by atoms with Gasteiger partial charge >= 0.3 is 11.9 Å². The SMILES string of the molecule is CN1CCCC1=NCCSc1csc2ccccc12.O=C(O)/C=C/C(=O)O. The van der Waals surface area contributed by atoms with Crippen LogP contribution in [0.5, 0.6) is 0 Å². The lowest BCUT2D eigenvalue weighted by Gasteiger charge is -2.10. The van der Waals surface area contributed by atoms with E-state index in [0.717, 1.165) is 18.7 Å². The number of rotatable bonds is 6. The molecule has 0 saturated carbocycles. The second-order valence-corrected chi connectivity index (χ2v) is 7.83. The molecule has 1 aromatic carbocycles. The van der Waals surface area contributed by atoms with Crippen LogP contribution in [0.1, 0.15) is 12.8 Å². The van der Waals surface area contributed by atoms with Gasteiger partial charge in [0.2, 0.25) is 0 Å². The minimum absolute atomic E-state index is 0.558. The number of carboxylic acid groups (broad SMARTS) is 2. The average molecular weight is 407 g/mol. The van der Waals surface area contributed by atoms with Gasteiger partial charge in [-0.2, -0.15) is 0 Å². The molecule has 2 aromatic rings. The molecule has 0 atom stereocenters. The monoisotopic (exact) mass is 406 g/mol. The van der Waals surface area contributed by atoms with Crippen molar-refractivity contribution in [1.82, 2.24) is 4.90 Å². The van der Waals surface area contributed by atoms with Gasteiger partial charge in [0.15, 0.2) is 0 Å². The maximum absolute atomic E-state index is 9.55. The number of likely N-dealkylation sites (tertiary alicyclic amines) is 1. The van der Waals surface area contributed by atoms with E-state index in [1.807, 2.05) is 23.1 Å². The lowest BCUT2D eigenvalue weighted by molar-refractivity contribution is -0.134. The molecule has 0 bridgehead atoms. The first kappa shape index (κ1) is 21.0. The molecule has 2 N–H and O–H groups in total. The van der Waals surface area contributed by atoms with Gasteiger partial charge in [-0.05, 0) is 12.5 Å². The lowest BCUT2D eigenvalue weighted by atomic mass is 10.3. The van der Waals surface area contributed by atoms with E-state index in [2.05, 4.69) is 41.6 Å². The first-order chi connectivity index (χ1) is 13.0. The van der Waals surface area contributed by atoms with Gasteiger partial charge in [0.25, 0.3) is 0 Å². The maximum Gasteiger partial charge on any atom is 0.328 e. The topological polar surface area (TPSA) is 90.2 Å². The summed E-state index contributed by atoms with van der Waals surface area (Å²) in [5.74, 6) is -0.159.